The van der Waals surface area contributed by atoms with E-state index in [1.54, 1.807) is 0 Å². The van der Waals surface area contributed by atoms with Crippen LogP contribution in [0, 0.1) is 11.8 Å². The van der Waals surface area contributed by atoms with E-state index in [0.29, 0.717) is 0 Å². The van der Waals surface area contributed by atoms with Crippen molar-refractivity contribution in [3.05, 3.63) is 0 Å². The smallest absolute Gasteiger partial charge is 0.0443 e. The Morgan fingerprint density at radius 1 is 0.529 bits per heavy atom. The van der Waals surface area contributed by atoms with Crippen LogP contribution in [0.15, 0.2) is 0 Å². The predicted molar refractivity (Wildman–Crippen MR) is 80.5 cm³/mol. The highest BCUT2D eigenvalue weighted by molar-refractivity contribution is 4.57. The van der Waals surface area contributed by atoms with Crippen LogP contribution in [-0.2, 0) is 0 Å². The van der Waals surface area contributed by atoms with Crippen molar-refractivity contribution >= 4 is 0 Å². The molecule has 0 aromatic rings. The summed E-state index contributed by atoms with van der Waals surface area (Å²) in [5.41, 5.74) is 0. The second-order valence-corrected chi connectivity index (χ2v) is 6.13. The van der Waals surface area contributed by atoms with Gasteiger partial charge >= 0.3 is 0 Å². The SMILES string of the molecule is CCCCC(C)CCCCCC(C)CCCC. The van der Waals surface area contributed by atoms with Gasteiger partial charge in [0.2, 0.25) is 0 Å². The molecule has 0 rings (SSSR count). The molecular formula is C17H36. The Morgan fingerprint density at radius 2 is 0.882 bits per heavy atom. The van der Waals surface area contributed by atoms with E-state index >= 15 is 0 Å². The Bertz CT molecular complexity index is 123. The quantitative estimate of drug-likeness (QED) is 0.338. The molecule has 2 atom stereocenters. The fourth-order valence-corrected chi connectivity index (χ4v) is 2.56. The van der Waals surface area contributed by atoms with E-state index < -0.39 is 0 Å². The molecule has 0 aliphatic carbocycles. The zero-order chi connectivity index (χ0) is 12.9. The standard InChI is InChI=1S/C17H36/c1-5-7-12-16(3)14-10-9-11-15-17(4)13-8-6-2/h16-17H,5-15H2,1-4H3. The average Bonchev–Trinajstić information content (AvgIpc) is 2.33. The second-order valence-electron chi connectivity index (χ2n) is 6.13. The first-order chi connectivity index (χ1) is 8.20. The van der Waals surface area contributed by atoms with Crippen LogP contribution in [0.25, 0.3) is 0 Å². The fraction of sp³-hybridized carbons (Fsp3) is 1.00. The summed E-state index contributed by atoms with van der Waals surface area (Å²) in [6.45, 7) is 9.45. The Kier molecular flexibility index (Phi) is 12.5. The molecule has 0 bridgehead atoms. The Labute approximate surface area is 111 Å². The van der Waals surface area contributed by atoms with Crippen molar-refractivity contribution in [2.45, 2.75) is 98.3 Å². The lowest BCUT2D eigenvalue weighted by Gasteiger charge is -2.12. The predicted octanol–water partition coefficient (Wildman–Crippen LogP) is 6.59. The van der Waals surface area contributed by atoms with Gasteiger partial charge in [0.1, 0.15) is 0 Å². The van der Waals surface area contributed by atoms with E-state index in [-0.39, 0.29) is 0 Å². The molecular weight excluding hydrogens is 204 g/mol. The van der Waals surface area contributed by atoms with Crippen molar-refractivity contribution < 1.29 is 0 Å². The highest BCUT2D eigenvalue weighted by Crippen LogP contribution is 2.19. The number of unbranched alkanes of at least 4 members (excludes halogenated alkanes) is 4. The topological polar surface area (TPSA) is 0 Å². The van der Waals surface area contributed by atoms with Gasteiger partial charge in [0, 0.05) is 0 Å². The highest BCUT2D eigenvalue weighted by Gasteiger charge is 2.03. The summed E-state index contributed by atoms with van der Waals surface area (Å²) < 4.78 is 0. The van der Waals surface area contributed by atoms with Gasteiger partial charge in [-0.2, -0.15) is 0 Å². The van der Waals surface area contributed by atoms with E-state index in [1.807, 2.05) is 0 Å². The molecule has 0 aliphatic heterocycles. The maximum atomic E-state index is 2.43. The Hall–Kier alpha value is 0. The zero-order valence-electron chi connectivity index (χ0n) is 12.9. The van der Waals surface area contributed by atoms with Gasteiger partial charge in [-0.15, -0.1) is 0 Å². The maximum Gasteiger partial charge on any atom is -0.0443 e. The van der Waals surface area contributed by atoms with E-state index in [0.717, 1.165) is 11.8 Å². The lowest BCUT2D eigenvalue weighted by Crippen LogP contribution is -1.97. The largest absolute Gasteiger partial charge is 0.0654 e. The monoisotopic (exact) mass is 240 g/mol. The summed E-state index contributed by atoms with van der Waals surface area (Å²) >= 11 is 0. The van der Waals surface area contributed by atoms with Crippen molar-refractivity contribution in [1.29, 1.82) is 0 Å². The highest BCUT2D eigenvalue weighted by atomic mass is 14.1. The van der Waals surface area contributed by atoms with Gasteiger partial charge < -0.3 is 0 Å². The molecule has 0 amide bonds. The number of hydrogen-bond donors (Lipinski definition) is 0. The molecule has 0 spiro atoms. The first kappa shape index (κ1) is 17.0. The van der Waals surface area contributed by atoms with E-state index in [1.165, 1.54) is 70.6 Å². The van der Waals surface area contributed by atoms with Crippen molar-refractivity contribution in [1.82, 2.24) is 0 Å². The first-order valence-corrected chi connectivity index (χ1v) is 8.20. The summed E-state index contributed by atoms with van der Waals surface area (Å²) in [6.07, 6.45) is 15.8. The molecule has 17 heavy (non-hydrogen) atoms. The number of rotatable bonds is 12. The fourth-order valence-electron chi connectivity index (χ4n) is 2.56. The minimum Gasteiger partial charge on any atom is -0.0654 e. The van der Waals surface area contributed by atoms with Crippen LogP contribution in [0.3, 0.4) is 0 Å². The molecule has 0 heterocycles. The molecule has 0 radical (unpaired) electrons. The third kappa shape index (κ3) is 12.2. The van der Waals surface area contributed by atoms with E-state index in [9.17, 15) is 0 Å². The molecule has 0 aromatic carbocycles. The zero-order valence-corrected chi connectivity index (χ0v) is 12.9. The van der Waals surface area contributed by atoms with Crippen molar-refractivity contribution in [3.63, 3.8) is 0 Å². The molecule has 0 nitrogen and oxygen atoms in total. The molecule has 0 aliphatic rings. The van der Waals surface area contributed by atoms with E-state index in [2.05, 4.69) is 27.7 Å². The molecule has 104 valence electrons. The van der Waals surface area contributed by atoms with Crippen LogP contribution in [0.2, 0.25) is 0 Å². The Balaban J connectivity index is 3.22. The Morgan fingerprint density at radius 3 is 1.24 bits per heavy atom. The van der Waals surface area contributed by atoms with Crippen LogP contribution in [-0.4, -0.2) is 0 Å². The van der Waals surface area contributed by atoms with Crippen LogP contribution in [0.1, 0.15) is 98.3 Å². The lowest BCUT2D eigenvalue weighted by atomic mass is 9.94. The first-order valence-electron chi connectivity index (χ1n) is 8.20. The van der Waals surface area contributed by atoms with E-state index in [4.69, 9.17) is 0 Å². The van der Waals surface area contributed by atoms with Gasteiger partial charge in [-0.1, -0.05) is 98.3 Å². The van der Waals surface area contributed by atoms with Crippen LogP contribution in [0.5, 0.6) is 0 Å². The van der Waals surface area contributed by atoms with Gasteiger partial charge in [-0.25, -0.2) is 0 Å². The minimum atomic E-state index is 0.965. The minimum absolute atomic E-state index is 0.965. The molecule has 0 saturated carbocycles. The van der Waals surface area contributed by atoms with Crippen LogP contribution >= 0.6 is 0 Å². The van der Waals surface area contributed by atoms with Gasteiger partial charge in [0.15, 0.2) is 0 Å². The third-order valence-corrected chi connectivity index (χ3v) is 3.99. The van der Waals surface area contributed by atoms with Crippen molar-refractivity contribution in [3.8, 4) is 0 Å². The molecule has 0 heteroatoms. The average molecular weight is 240 g/mol. The van der Waals surface area contributed by atoms with Crippen LogP contribution in [0.4, 0.5) is 0 Å². The lowest BCUT2D eigenvalue weighted by molar-refractivity contribution is 0.415. The molecule has 0 N–H and O–H groups in total. The molecule has 0 saturated heterocycles. The summed E-state index contributed by atoms with van der Waals surface area (Å²) in [4.78, 5) is 0. The molecule has 2 unspecified atom stereocenters. The number of hydrogen-bond acceptors (Lipinski definition) is 0. The van der Waals surface area contributed by atoms with Gasteiger partial charge in [-0.05, 0) is 11.8 Å². The van der Waals surface area contributed by atoms with Gasteiger partial charge in [-0.3, -0.25) is 0 Å². The maximum absolute atomic E-state index is 2.43. The summed E-state index contributed by atoms with van der Waals surface area (Å²) in [6, 6.07) is 0. The second kappa shape index (κ2) is 12.5. The third-order valence-electron chi connectivity index (χ3n) is 3.99. The van der Waals surface area contributed by atoms with Gasteiger partial charge in [0.05, 0.1) is 0 Å². The summed E-state index contributed by atoms with van der Waals surface area (Å²) in [7, 11) is 0. The molecule has 0 aromatic heterocycles. The molecule has 0 fully saturated rings. The normalized spacial score (nSPS) is 14.8. The summed E-state index contributed by atoms with van der Waals surface area (Å²) in [5.74, 6) is 1.93. The van der Waals surface area contributed by atoms with Crippen molar-refractivity contribution in [2.75, 3.05) is 0 Å². The van der Waals surface area contributed by atoms with Crippen molar-refractivity contribution in [2.24, 2.45) is 11.8 Å². The summed E-state index contributed by atoms with van der Waals surface area (Å²) in [5, 5.41) is 0. The van der Waals surface area contributed by atoms with Crippen LogP contribution < -0.4 is 0 Å². The van der Waals surface area contributed by atoms with Gasteiger partial charge in [0.25, 0.3) is 0 Å².